The number of aromatic nitrogens is 2. The van der Waals surface area contributed by atoms with Crippen LogP contribution in [0, 0.1) is 13.8 Å². The summed E-state index contributed by atoms with van der Waals surface area (Å²) in [7, 11) is 2.18. The molecule has 1 N–H and O–H groups in total. The Hall–Kier alpha value is -1.39. The van der Waals surface area contributed by atoms with Gasteiger partial charge in [0.15, 0.2) is 0 Å². The van der Waals surface area contributed by atoms with E-state index < -0.39 is 0 Å². The van der Waals surface area contributed by atoms with Crippen molar-refractivity contribution in [1.29, 1.82) is 0 Å². The molecule has 19 heavy (non-hydrogen) atoms. The van der Waals surface area contributed by atoms with Gasteiger partial charge in [-0.05, 0) is 44.2 Å². The molecule has 1 aliphatic rings. The average Bonchev–Trinajstić information content (AvgIpc) is 2.74. The van der Waals surface area contributed by atoms with E-state index in [0.29, 0.717) is 0 Å². The van der Waals surface area contributed by atoms with Crippen LogP contribution >= 0.6 is 0 Å². The van der Waals surface area contributed by atoms with E-state index in [9.17, 15) is 0 Å². The molecule has 0 atom stereocenters. The molecule has 0 radical (unpaired) electrons. The molecule has 0 aliphatic carbocycles. The van der Waals surface area contributed by atoms with Crippen LogP contribution in [0.4, 0.5) is 0 Å². The van der Waals surface area contributed by atoms with E-state index in [1.54, 1.807) is 0 Å². The SMILES string of the molecule is Cc1cc2nc(CN3CCN(C)CC3)[nH]c2cc1C. The van der Waals surface area contributed by atoms with Gasteiger partial charge in [-0.1, -0.05) is 0 Å². The average molecular weight is 258 g/mol. The Bertz CT molecular complexity index is 540. The summed E-state index contributed by atoms with van der Waals surface area (Å²) in [5.41, 5.74) is 4.88. The molecule has 1 aromatic heterocycles. The van der Waals surface area contributed by atoms with Crippen molar-refractivity contribution in [2.45, 2.75) is 20.4 Å². The largest absolute Gasteiger partial charge is 0.341 e. The Morgan fingerprint density at radius 3 is 2.53 bits per heavy atom. The number of aromatic amines is 1. The lowest BCUT2D eigenvalue weighted by molar-refractivity contribution is 0.146. The van der Waals surface area contributed by atoms with E-state index >= 15 is 0 Å². The Morgan fingerprint density at radius 1 is 1.11 bits per heavy atom. The van der Waals surface area contributed by atoms with Gasteiger partial charge in [-0.2, -0.15) is 0 Å². The van der Waals surface area contributed by atoms with Crippen molar-refractivity contribution in [3.8, 4) is 0 Å². The van der Waals surface area contributed by atoms with Crippen molar-refractivity contribution in [1.82, 2.24) is 19.8 Å². The Labute approximate surface area is 114 Å². The van der Waals surface area contributed by atoms with Gasteiger partial charge in [0.25, 0.3) is 0 Å². The highest BCUT2D eigenvalue weighted by Gasteiger charge is 2.15. The number of benzene rings is 1. The molecule has 0 saturated carbocycles. The molecule has 1 aromatic carbocycles. The molecule has 0 unspecified atom stereocenters. The summed E-state index contributed by atoms with van der Waals surface area (Å²) in [4.78, 5) is 13.0. The topological polar surface area (TPSA) is 35.2 Å². The zero-order valence-corrected chi connectivity index (χ0v) is 12.0. The van der Waals surface area contributed by atoms with Crippen molar-refractivity contribution < 1.29 is 0 Å². The van der Waals surface area contributed by atoms with Crippen LogP contribution in [0.5, 0.6) is 0 Å². The molecule has 4 heteroatoms. The number of nitrogens with zero attached hydrogens (tertiary/aromatic N) is 3. The van der Waals surface area contributed by atoms with Crippen LogP contribution in [-0.2, 0) is 6.54 Å². The fraction of sp³-hybridized carbons (Fsp3) is 0.533. The second kappa shape index (κ2) is 4.94. The summed E-state index contributed by atoms with van der Waals surface area (Å²) in [6.45, 7) is 9.79. The molecule has 1 saturated heterocycles. The minimum absolute atomic E-state index is 0.931. The predicted molar refractivity (Wildman–Crippen MR) is 78.3 cm³/mol. The van der Waals surface area contributed by atoms with Gasteiger partial charge >= 0.3 is 0 Å². The zero-order valence-electron chi connectivity index (χ0n) is 12.0. The zero-order chi connectivity index (χ0) is 13.4. The third-order valence-corrected chi connectivity index (χ3v) is 4.12. The van der Waals surface area contributed by atoms with Gasteiger partial charge in [0.2, 0.25) is 0 Å². The maximum Gasteiger partial charge on any atom is 0.121 e. The molecule has 0 spiro atoms. The smallest absolute Gasteiger partial charge is 0.121 e. The molecule has 1 fully saturated rings. The monoisotopic (exact) mass is 258 g/mol. The lowest BCUT2D eigenvalue weighted by Gasteiger charge is -2.31. The summed E-state index contributed by atoms with van der Waals surface area (Å²) in [5, 5.41) is 0. The maximum atomic E-state index is 4.72. The number of imidazole rings is 1. The van der Waals surface area contributed by atoms with Gasteiger partial charge in [-0.3, -0.25) is 4.90 Å². The molecule has 2 heterocycles. The molecule has 1 aliphatic heterocycles. The highest BCUT2D eigenvalue weighted by atomic mass is 15.3. The quantitative estimate of drug-likeness (QED) is 0.894. The first-order valence-corrected chi connectivity index (χ1v) is 6.98. The van der Waals surface area contributed by atoms with Crippen molar-refractivity contribution >= 4 is 11.0 Å². The van der Waals surface area contributed by atoms with Crippen molar-refractivity contribution in [3.63, 3.8) is 0 Å². The molecule has 4 nitrogen and oxygen atoms in total. The van der Waals surface area contributed by atoms with Crippen molar-refractivity contribution in [2.75, 3.05) is 33.2 Å². The first kappa shape index (κ1) is 12.6. The van der Waals surface area contributed by atoms with Crippen molar-refractivity contribution in [2.24, 2.45) is 0 Å². The second-order valence-corrected chi connectivity index (χ2v) is 5.72. The van der Waals surface area contributed by atoms with Gasteiger partial charge < -0.3 is 9.88 Å². The van der Waals surface area contributed by atoms with E-state index in [0.717, 1.165) is 49.6 Å². The van der Waals surface area contributed by atoms with Gasteiger partial charge in [-0.25, -0.2) is 4.98 Å². The van der Waals surface area contributed by atoms with Gasteiger partial charge in [0, 0.05) is 26.2 Å². The standard InChI is InChI=1S/C15H22N4/c1-11-8-13-14(9-12(11)2)17-15(16-13)10-19-6-4-18(3)5-7-19/h8-9H,4-7,10H2,1-3H3,(H,16,17). The van der Waals surface area contributed by atoms with Crippen LogP contribution in [0.3, 0.4) is 0 Å². The number of nitrogens with one attached hydrogen (secondary N) is 1. The fourth-order valence-corrected chi connectivity index (χ4v) is 2.62. The molecule has 0 amide bonds. The Morgan fingerprint density at radius 2 is 1.79 bits per heavy atom. The second-order valence-electron chi connectivity index (χ2n) is 5.72. The van der Waals surface area contributed by atoms with Crippen molar-refractivity contribution in [3.05, 3.63) is 29.1 Å². The van der Waals surface area contributed by atoms with Crippen LogP contribution in [0.15, 0.2) is 12.1 Å². The highest BCUT2D eigenvalue weighted by Crippen LogP contribution is 2.18. The summed E-state index contributed by atoms with van der Waals surface area (Å²) in [6.07, 6.45) is 0. The molecule has 3 rings (SSSR count). The normalized spacial score (nSPS) is 18.3. The number of aryl methyl sites for hydroxylation is 2. The number of rotatable bonds is 2. The molecule has 2 aromatic rings. The first-order valence-electron chi connectivity index (χ1n) is 6.98. The van der Waals surface area contributed by atoms with E-state index in [-0.39, 0.29) is 0 Å². The van der Waals surface area contributed by atoms with Crippen LogP contribution in [-0.4, -0.2) is 53.0 Å². The fourth-order valence-electron chi connectivity index (χ4n) is 2.62. The Kier molecular flexibility index (Phi) is 3.29. The van der Waals surface area contributed by atoms with Gasteiger partial charge in [-0.15, -0.1) is 0 Å². The lowest BCUT2D eigenvalue weighted by atomic mass is 10.1. The number of hydrogen-bond donors (Lipinski definition) is 1. The minimum atomic E-state index is 0.931. The number of fused-ring (bicyclic) bond motifs is 1. The van der Waals surface area contributed by atoms with Crippen LogP contribution < -0.4 is 0 Å². The van der Waals surface area contributed by atoms with E-state index in [1.165, 1.54) is 11.1 Å². The molecule has 0 bridgehead atoms. The molecular weight excluding hydrogens is 236 g/mol. The van der Waals surface area contributed by atoms with E-state index in [2.05, 4.69) is 47.8 Å². The summed E-state index contributed by atoms with van der Waals surface area (Å²) in [5.74, 6) is 1.09. The predicted octanol–water partition coefficient (Wildman–Crippen LogP) is 1.93. The number of piperazine rings is 1. The van der Waals surface area contributed by atoms with Crippen LogP contribution in [0.2, 0.25) is 0 Å². The molecular formula is C15H22N4. The summed E-state index contributed by atoms with van der Waals surface area (Å²) in [6, 6.07) is 4.37. The van der Waals surface area contributed by atoms with Gasteiger partial charge in [0.05, 0.1) is 17.6 Å². The van der Waals surface area contributed by atoms with Crippen LogP contribution in [0.1, 0.15) is 17.0 Å². The van der Waals surface area contributed by atoms with Crippen LogP contribution in [0.25, 0.3) is 11.0 Å². The number of hydrogen-bond acceptors (Lipinski definition) is 3. The lowest BCUT2D eigenvalue weighted by Crippen LogP contribution is -2.44. The number of likely N-dealkylation sites (N-methyl/N-ethyl adjacent to an activating group) is 1. The first-order chi connectivity index (χ1) is 9.11. The van der Waals surface area contributed by atoms with E-state index in [1.807, 2.05) is 0 Å². The minimum Gasteiger partial charge on any atom is -0.341 e. The summed E-state index contributed by atoms with van der Waals surface area (Å²) >= 11 is 0. The Balaban J connectivity index is 1.78. The third kappa shape index (κ3) is 2.65. The summed E-state index contributed by atoms with van der Waals surface area (Å²) < 4.78 is 0. The maximum absolute atomic E-state index is 4.72. The van der Waals surface area contributed by atoms with Gasteiger partial charge in [0.1, 0.15) is 5.82 Å². The highest BCUT2D eigenvalue weighted by molar-refractivity contribution is 5.77. The third-order valence-electron chi connectivity index (χ3n) is 4.12. The van der Waals surface area contributed by atoms with E-state index in [4.69, 9.17) is 4.98 Å². The molecule has 102 valence electrons. The number of H-pyrrole nitrogens is 1.